The van der Waals surface area contributed by atoms with Crippen LogP contribution in [0.4, 0.5) is 0 Å². The van der Waals surface area contributed by atoms with Gasteiger partial charge in [-0.25, -0.2) is 13.4 Å². The van der Waals surface area contributed by atoms with Crippen LogP contribution in [-0.4, -0.2) is 45.9 Å². The average Bonchev–Trinajstić information content (AvgIpc) is 3.04. The van der Waals surface area contributed by atoms with Crippen molar-refractivity contribution < 1.29 is 12.9 Å². The lowest BCUT2D eigenvalue weighted by Crippen LogP contribution is -2.48. The van der Waals surface area contributed by atoms with Crippen LogP contribution in [0.25, 0.3) is 11.5 Å². The van der Waals surface area contributed by atoms with Gasteiger partial charge in [-0.2, -0.15) is 9.29 Å². The molecule has 1 aliphatic heterocycles. The monoisotopic (exact) mass is 377 g/mol. The van der Waals surface area contributed by atoms with Crippen molar-refractivity contribution in [1.82, 2.24) is 24.4 Å². The van der Waals surface area contributed by atoms with E-state index >= 15 is 0 Å². The van der Waals surface area contributed by atoms with Crippen LogP contribution in [0, 0.1) is 0 Å². The lowest BCUT2D eigenvalue weighted by atomic mass is 10.0. The van der Waals surface area contributed by atoms with Crippen molar-refractivity contribution in [3.05, 3.63) is 53.8 Å². The maximum Gasteiger partial charge on any atom is 0.243 e. The second kappa shape index (κ2) is 6.17. The maximum atomic E-state index is 12.6. The molecule has 0 aliphatic carbocycles. The third-order valence-electron chi connectivity index (χ3n) is 3.87. The van der Waals surface area contributed by atoms with E-state index in [2.05, 4.69) is 20.1 Å². The van der Waals surface area contributed by atoms with Gasteiger partial charge in [-0.05, 0) is 18.2 Å². The Labute approximate surface area is 148 Å². The molecule has 1 aliphatic rings. The highest BCUT2D eigenvalue weighted by atomic mass is 35.5. The number of sulfonamides is 1. The third-order valence-corrected chi connectivity index (χ3v) is 5.93. The summed E-state index contributed by atoms with van der Waals surface area (Å²) in [6, 6.07) is 6.19. The lowest BCUT2D eigenvalue weighted by molar-refractivity contribution is 0.217. The van der Waals surface area contributed by atoms with Crippen molar-refractivity contribution in [3.8, 4) is 11.5 Å². The molecular formula is C15H12ClN5O3S. The van der Waals surface area contributed by atoms with Crippen molar-refractivity contribution in [1.29, 1.82) is 0 Å². The highest BCUT2D eigenvalue weighted by Gasteiger charge is 2.40. The van der Waals surface area contributed by atoms with Crippen molar-refractivity contribution in [3.63, 3.8) is 0 Å². The number of nitrogens with zero attached hydrogens (tertiary/aromatic N) is 5. The van der Waals surface area contributed by atoms with Gasteiger partial charge in [-0.15, -0.1) is 0 Å². The van der Waals surface area contributed by atoms with Crippen molar-refractivity contribution in [2.45, 2.75) is 10.8 Å². The van der Waals surface area contributed by atoms with E-state index in [1.165, 1.54) is 28.8 Å². The molecular weight excluding hydrogens is 366 g/mol. The van der Waals surface area contributed by atoms with Crippen molar-refractivity contribution in [2.75, 3.05) is 13.1 Å². The number of hydrogen-bond donors (Lipinski definition) is 0. The van der Waals surface area contributed by atoms with Gasteiger partial charge in [0.15, 0.2) is 0 Å². The van der Waals surface area contributed by atoms with Gasteiger partial charge in [0.25, 0.3) is 0 Å². The Balaban J connectivity index is 1.48. The van der Waals surface area contributed by atoms with E-state index in [-0.39, 0.29) is 23.9 Å². The molecule has 1 aromatic carbocycles. The minimum absolute atomic E-state index is 0.146. The van der Waals surface area contributed by atoms with Gasteiger partial charge in [0.2, 0.25) is 21.7 Å². The molecule has 1 fully saturated rings. The van der Waals surface area contributed by atoms with E-state index < -0.39 is 10.0 Å². The fourth-order valence-electron chi connectivity index (χ4n) is 2.49. The summed E-state index contributed by atoms with van der Waals surface area (Å²) in [4.78, 5) is 12.5. The summed E-state index contributed by atoms with van der Waals surface area (Å²) in [5.41, 5.74) is 0.500. The predicted octanol–water partition coefficient (Wildman–Crippen LogP) is 1.97. The highest BCUT2D eigenvalue weighted by molar-refractivity contribution is 7.89. The first-order chi connectivity index (χ1) is 12.0. The number of halogens is 1. The topological polar surface area (TPSA) is 102 Å². The Morgan fingerprint density at radius 3 is 2.80 bits per heavy atom. The number of rotatable bonds is 4. The van der Waals surface area contributed by atoms with E-state index in [9.17, 15) is 8.42 Å². The van der Waals surface area contributed by atoms with Gasteiger partial charge in [0, 0.05) is 30.5 Å². The molecule has 3 heterocycles. The van der Waals surface area contributed by atoms with Gasteiger partial charge in [-0.1, -0.05) is 22.8 Å². The Hall–Kier alpha value is -2.36. The molecule has 0 N–H and O–H groups in total. The van der Waals surface area contributed by atoms with Crippen LogP contribution in [-0.2, 0) is 10.0 Å². The molecule has 2 aromatic heterocycles. The molecule has 0 atom stereocenters. The SMILES string of the molecule is O=S(=O)(c1cccc(Cl)c1)N1CC(c2nc(-c3cnccn3)no2)C1. The van der Waals surface area contributed by atoms with Crippen LogP contribution in [0.3, 0.4) is 0 Å². The zero-order valence-electron chi connectivity index (χ0n) is 12.8. The molecule has 0 amide bonds. The molecule has 0 spiro atoms. The molecule has 0 radical (unpaired) electrons. The molecule has 0 bridgehead atoms. The number of aromatic nitrogens is 4. The van der Waals surface area contributed by atoms with E-state index in [1.807, 2.05) is 0 Å². The Kier molecular flexibility index (Phi) is 3.98. The van der Waals surface area contributed by atoms with E-state index in [4.69, 9.17) is 16.1 Å². The third kappa shape index (κ3) is 3.01. The molecule has 8 nitrogen and oxygen atoms in total. The van der Waals surface area contributed by atoms with Gasteiger partial charge < -0.3 is 4.52 Å². The summed E-state index contributed by atoms with van der Waals surface area (Å²) in [7, 11) is -3.57. The highest BCUT2D eigenvalue weighted by Crippen LogP contribution is 2.32. The normalized spacial score (nSPS) is 15.9. The molecule has 0 saturated carbocycles. The quantitative estimate of drug-likeness (QED) is 0.684. The molecule has 3 aromatic rings. The Bertz CT molecular complexity index is 1000. The van der Waals surface area contributed by atoms with Crippen LogP contribution in [0.2, 0.25) is 5.02 Å². The smallest absolute Gasteiger partial charge is 0.243 e. The zero-order valence-corrected chi connectivity index (χ0v) is 14.4. The van der Waals surface area contributed by atoms with Crippen LogP contribution in [0.15, 0.2) is 52.3 Å². The van der Waals surface area contributed by atoms with Crippen LogP contribution in [0.1, 0.15) is 11.8 Å². The molecule has 10 heteroatoms. The van der Waals surface area contributed by atoms with Crippen molar-refractivity contribution in [2.24, 2.45) is 0 Å². The number of benzene rings is 1. The minimum atomic E-state index is -3.57. The van der Waals surface area contributed by atoms with Crippen LogP contribution in [0.5, 0.6) is 0 Å². The summed E-state index contributed by atoms with van der Waals surface area (Å²) in [5, 5.41) is 4.25. The standard InChI is InChI=1S/C15H12ClN5O3S/c16-11-2-1-3-12(6-11)25(22,23)21-8-10(9-21)15-19-14(20-24-15)13-7-17-4-5-18-13/h1-7,10H,8-9H2. The molecule has 25 heavy (non-hydrogen) atoms. The summed E-state index contributed by atoms with van der Waals surface area (Å²) in [6.07, 6.45) is 4.62. The largest absolute Gasteiger partial charge is 0.339 e. The van der Waals surface area contributed by atoms with Gasteiger partial charge in [0.05, 0.1) is 17.0 Å². The molecule has 1 saturated heterocycles. The van der Waals surface area contributed by atoms with Crippen LogP contribution >= 0.6 is 11.6 Å². The second-order valence-corrected chi connectivity index (χ2v) is 7.90. The Morgan fingerprint density at radius 2 is 2.08 bits per heavy atom. The molecule has 4 rings (SSSR count). The predicted molar refractivity (Wildman–Crippen MR) is 88.3 cm³/mol. The maximum absolute atomic E-state index is 12.6. The van der Waals surface area contributed by atoms with Gasteiger partial charge in [-0.3, -0.25) is 4.98 Å². The fraction of sp³-hybridized carbons (Fsp3) is 0.200. The average molecular weight is 378 g/mol. The molecule has 0 unspecified atom stereocenters. The Morgan fingerprint density at radius 1 is 1.24 bits per heavy atom. The minimum Gasteiger partial charge on any atom is -0.339 e. The van der Waals surface area contributed by atoms with E-state index in [1.54, 1.807) is 18.3 Å². The van der Waals surface area contributed by atoms with Crippen LogP contribution < -0.4 is 0 Å². The lowest BCUT2D eigenvalue weighted by Gasteiger charge is -2.35. The van der Waals surface area contributed by atoms with E-state index in [0.29, 0.717) is 22.4 Å². The summed E-state index contributed by atoms with van der Waals surface area (Å²) in [5.74, 6) is 0.573. The zero-order chi connectivity index (χ0) is 17.4. The fourth-order valence-corrected chi connectivity index (χ4v) is 4.32. The number of hydrogen-bond acceptors (Lipinski definition) is 7. The van der Waals surface area contributed by atoms with Crippen molar-refractivity contribution >= 4 is 21.6 Å². The van der Waals surface area contributed by atoms with E-state index in [0.717, 1.165) is 0 Å². The first kappa shape index (κ1) is 16.1. The van der Waals surface area contributed by atoms with Gasteiger partial charge >= 0.3 is 0 Å². The summed E-state index contributed by atoms with van der Waals surface area (Å²) >= 11 is 5.88. The van der Waals surface area contributed by atoms with Gasteiger partial charge in [0.1, 0.15) is 5.69 Å². The second-order valence-electron chi connectivity index (χ2n) is 5.52. The molecule has 128 valence electrons. The first-order valence-electron chi connectivity index (χ1n) is 7.40. The summed E-state index contributed by atoms with van der Waals surface area (Å²) < 4.78 is 31.7. The first-order valence-corrected chi connectivity index (χ1v) is 9.21. The summed E-state index contributed by atoms with van der Waals surface area (Å²) in [6.45, 7) is 0.550.